The minimum atomic E-state index is -0.911. The highest BCUT2D eigenvalue weighted by molar-refractivity contribution is 7.07. The molecule has 0 bridgehead atoms. The van der Waals surface area contributed by atoms with Crippen LogP contribution >= 0.6 is 11.3 Å². The van der Waals surface area contributed by atoms with E-state index in [0.717, 1.165) is 0 Å². The van der Waals surface area contributed by atoms with Crippen LogP contribution in [0.4, 0.5) is 0 Å². The third-order valence-corrected chi connectivity index (χ3v) is 9.11. The molecule has 0 unspecified atom stereocenters. The monoisotopic (exact) mass is 687 g/mol. The molecular weight excluding hydrogens is 655 g/mol. The molecule has 50 heavy (non-hydrogen) atoms. The molecule has 1 aliphatic rings. The lowest BCUT2D eigenvalue weighted by atomic mass is 9.93. The summed E-state index contributed by atoms with van der Waals surface area (Å²) in [5.74, 6) is 1.20. The molecule has 0 aliphatic carbocycles. The molecular formula is C39H33N3O7S. The average Bonchev–Trinajstić information content (AvgIpc) is 3.47. The highest BCUT2D eigenvalue weighted by atomic mass is 32.1. The van der Waals surface area contributed by atoms with Crippen LogP contribution in [0.15, 0.2) is 106 Å². The summed E-state index contributed by atoms with van der Waals surface area (Å²) in [4.78, 5) is 33.7. The van der Waals surface area contributed by atoms with Gasteiger partial charge in [-0.05, 0) is 42.8 Å². The number of nitriles is 1. The molecule has 0 amide bonds. The third kappa shape index (κ3) is 6.49. The van der Waals surface area contributed by atoms with Gasteiger partial charge in [-0.2, -0.15) is 5.26 Å². The van der Waals surface area contributed by atoms with E-state index in [1.165, 1.54) is 37.2 Å². The Morgan fingerprint density at radius 1 is 0.920 bits per heavy atom. The van der Waals surface area contributed by atoms with Gasteiger partial charge in [0.1, 0.15) is 6.61 Å². The van der Waals surface area contributed by atoms with E-state index in [1.54, 1.807) is 55.5 Å². The summed E-state index contributed by atoms with van der Waals surface area (Å²) in [6.45, 7) is 1.97. The number of methoxy groups -OCH3 is 3. The maximum absolute atomic E-state index is 14.5. The molecule has 10 nitrogen and oxygen atoms in total. The molecule has 0 saturated heterocycles. The fourth-order valence-electron chi connectivity index (χ4n) is 5.79. The minimum Gasteiger partial charge on any atom is -0.493 e. The molecule has 11 heteroatoms. The Balaban J connectivity index is 1.57. The number of thiazole rings is 1. The van der Waals surface area contributed by atoms with Crippen LogP contribution in [0.2, 0.25) is 0 Å². The van der Waals surface area contributed by atoms with Crippen LogP contribution in [0.5, 0.6) is 23.0 Å². The van der Waals surface area contributed by atoms with Crippen molar-refractivity contribution in [2.75, 3.05) is 27.9 Å². The largest absolute Gasteiger partial charge is 0.493 e. The summed E-state index contributed by atoms with van der Waals surface area (Å²) in [6.07, 6.45) is 1.72. The van der Waals surface area contributed by atoms with Crippen LogP contribution < -0.4 is 33.8 Å². The first-order valence-electron chi connectivity index (χ1n) is 15.7. The van der Waals surface area contributed by atoms with Gasteiger partial charge >= 0.3 is 5.97 Å². The van der Waals surface area contributed by atoms with E-state index in [1.807, 2.05) is 48.5 Å². The number of para-hydroxylation sites is 1. The van der Waals surface area contributed by atoms with Crippen molar-refractivity contribution in [2.45, 2.75) is 19.6 Å². The van der Waals surface area contributed by atoms with Gasteiger partial charge in [0, 0.05) is 16.7 Å². The zero-order chi connectivity index (χ0) is 35.2. The first kappa shape index (κ1) is 33.8. The van der Waals surface area contributed by atoms with Crippen LogP contribution in [0.3, 0.4) is 0 Å². The normalized spacial score (nSPS) is 13.9. The minimum absolute atomic E-state index is 0.106. The molecule has 2 heterocycles. The average molecular weight is 688 g/mol. The maximum atomic E-state index is 14.5. The second kappa shape index (κ2) is 15.0. The molecule has 0 fully saturated rings. The van der Waals surface area contributed by atoms with Crippen LogP contribution in [0.1, 0.15) is 40.8 Å². The number of ether oxygens (including phenoxy) is 5. The van der Waals surface area contributed by atoms with Gasteiger partial charge in [-0.15, -0.1) is 0 Å². The number of fused-ring (bicyclic) bond motifs is 1. The highest BCUT2D eigenvalue weighted by Gasteiger charge is 2.35. The second-order valence-electron chi connectivity index (χ2n) is 11.0. The third-order valence-electron chi connectivity index (χ3n) is 8.12. The SMILES string of the molecule is CCOC(=O)C1=C(c2ccccc2)N=c2s/c(=C\c3cccc(OC)c3OCc3ccccc3C#N)c(=O)n2[C@@H]1c1ccc(OC)c(OC)c1. The fraction of sp³-hybridized carbons (Fsp3) is 0.179. The molecule has 0 spiro atoms. The Morgan fingerprint density at radius 3 is 2.38 bits per heavy atom. The van der Waals surface area contributed by atoms with Crippen molar-refractivity contribution in [2.24, 2.45) is 4.99 Å². The predicted octanol–water partition coefficient (Wildman–Crippen LogP) is 5.41. The van der Waals surface area contributed by atoms with Crippen molar-refractivity contribution < 1.29 is 28.5 Å². The molecule has 252 valence electrons. The summed E-state index contributed by atoms with van der Waals surface area (Å²) in [5, 5.41) is 9.58. The van der Waals surface area contributed by atoms with Crippen molar-refractivity contribution in [1.29, 1.82) is 5.26 Å². The first-order valence-corrected chi connectivity index (χ1v) is 16.5. The quantitative estimate of drug-likeness (QED) is 0.169. The fourth-order valence-corrected chi connectivity index (χ4v) is 6.78. The Bertz CT molecular complexity index is 2320. The molecule has 5 aromatic rings. The van der Waals surface area contributed by atoms with Crippen LogP contribution in [-0.2, 0) is 16.1 Å². The molecule has 1 aliphatic heterocycles. The smallest absolute Gasteiger partial charge is 0.338 e. The predicted molar refractivity (Wildman–Crippen MR) is 189 cm³/mol. The number of aromatic nitrogens is 1. The van der Waals surface area contributed by atoms with E-state index in [9.17, 15) is 14.9 Å². The van der Waals surface area contributed by atoms with E-state index in [-0.39, 0.29) is 24.3 Å². The molecule has 1 aromatic heterocycles. The Labute approximate surface area is 292 Å². The summed E-state index contributed by atoms with van der Waals surface area (Å²) in [6, 6.07) is 28.5. The van der Waals surface area contributed by atoms with Gasteiger partial charge in [-0.25, -0.2) is 9.79 Å². The summed E-state index contributed by atoms with van der Waals surface area (Å²) in [7, 11) is 4.60. The van der Waals surface area contributed by atoms with Gasteiger partial charge in [-0.3, -0.25) is 9.36 Å². The van der Waals surface area contributed by atoms with Crippen molar-refractivity contribution in [3.63, 3.8) is 0 Å². The van der Waals surface area contributed by atoms with Crippen molar-refractivity contribution in [1.82, 2.24) is 4.57 Å². The van der Waals surface area contributed by atoms with Crippen molar-refractivity contribution in [3.8, 4) is 29.1 Å². The van der Waals surface area contributed by atoms with E-state index in [0.29, 0.717) is 65.8 Å². The molecule has 0 radical (unpaired) electrons. The summed E-state index contributed by atoms with van der Waals surface area (Å²) < 4.78 is 30.4. The molecule has 6 rings (SSSR count). The summed E-state index contributed by atoms with van der Waals surface area (Å²) >= 11 is 1.19. The molecule has 0 N–H and O–H groups in total. The number of rotatable bonds is 11. The topological polar surface area (TPSA) is 121 Å². The number of hydrogen-bond donors (Lipinski definition) is 0. The van der Waals surface area contributed by atoms with Crippen molar-refractivity contribution in [3.05, 3.63) is 144 Å². The number of hydrogen-bond acceptors (Lipinski definition) is 10. The standard InChI is InChI=1S/C39H33N3O7S/c1-5-48-38(44)33-34(24-12-7-6-8-13-24)41-39-42(35(33)25-18-19-29(45-2)31(20-25)47-4)37(43)32(50-39)21-26-16-11-17-30(46-3)36(26)49-23-28-15-10-9-14-27(28)22-40/h6-21,35H,5,23H2,1-4H3/b32-21-/t35-/m1/s1. The van der Waals surface area contributed by atoms with Crippen molar-refractivity contribution >= 4 is 29.1 Å². The number of carbonyl (C=O) groups excluding carboxylic acids is 1. The number of carbonyl (C=O) groups is 1. The highest BCUT2D eigenvalue weighted by Crippen LogP contribution is 2.39. The zero-order valence-corrected chi connectivity index (χ0v) is 28.7. The van der Waals surface area contributed by atoms with Gasteiger partial charge in [0.2, 0.25) is 0 Å². The van der Waals surface area contributed by atoms with E-state index < -0.39 is 12.0 Å². The zero-order valence-electron chi connectivity index (χ0n) is 27.8. The molecule has 1 atom stereocenters. The first-order chi connectivity index (χ1) is 24.4. The Hall–Kier alpha value is -6.12. The van der Waals surface area contributed by atoms with E-state index >= 15 is 0 Å². The lowest BCUT2D eigenvalue weighted by molar-refractivity contribution is -0.138. The molecule has 4 aromatic carbocycles. The Kier molecular flexibility index (Phi) is 10.1. The van der Waals surface area contributed by atoms with Crippen LogP contribution in [0.25, 0.3) is 11.8 Å². The van der Waals surface area contributed by atoms with Gasteiger partial charge in [-0.1, -0.05) is 78.1 Å². The number of nitrogens with zero attached hydrogens (tertiary/aromatic N) is 3. The Morgan fingerprint density at radius 2 is 1.66 bits per heavy atom. The van der Waals surface area contributed by atoms with Gasteiger partial charge in [0.15, 0.2) is 27.8 Å². The second-order valence-corrected chi connectivity index (χ2v) is 12.0. The lowest BCUT2D eigenvalue weighted by Crippen LogP contribution is -2.40. The lowest BCUT2D eigenvalue weighted by Gasteiger charge is -2.26. The summed E-state index contributed by atoms with van der Waals surface area (Å²) in [5.41, 5.74) is 3.33. The van der Waals surface area contributed by atoms with Gasteiger partial charge in [0.25, 0.3) is 5.56 Å². The maximum Gasteiger partial charge on any atom is 0.338 e. The number of benzene rings is 4. The van der Waals surface area contributed by atoms with Gasteiger partial charge < -0.3 is 23.7 Å². The van der Waals surface area contributed by atoms with Crippen LogP contribution in [-0.4, -0.2) is 38.5 Å². The number of esters is 1. The molecule has 0 saturated carbocycles. The van der Waals surface area contributed by atoms with Gasteiger partial charge in [0.05, 0.1) is 61.4 Å². The van der Waals surface area contributed by atoms with E-state index in [4.69, 9.17) is 28.7 Å². The van der Waals surface area contributed by atoms with Crippen LogP contribution in [0, 0.1) is 11.3 Å². The van der Waals surface area contributed by atoms with E-state index in [2.05, 4.69) is 6.07 Å².